The van der Waals surface area contributed by atoms with E-state index in [0.717, 1.165) is 41.2 Å². The lowest BCUT2D eigenvalue weighted by atomic mass is 9.90. The first-order valence-corrected chi connectivity index (χ1v) is 11.1. The second-order valence-corrected chi connectivity index (χ2v) is 8.73. The van der Waals surface area contributed by atoms with Crippen LogP contribution >= 0.6 is 11.6 Å². The molecule has 2 fully saturated rings. The summed E-state index contributed by atoms with van der Waals surface area (Å²) >= 11 is 6.33. The van der Waals surface area contributed by atoms with Crippen LogP contribution in [-0.2, 0) is 0 Å². The summed E-state index contributed by atoms with van der Waals surface area (Å²) in [7, 11) is 0. The molecular weight excluding hydrogens is 384 g/mol. The SMILES string of the molecule is Clc1cc(-c2c[nH]c3ncccc23)nc(NC2CCC(NC3CCCC3)CC2)n1. The third-order valence-electron chi connectivity index (χ3n) is 6.31. The number of nitrogens with zero attached hydrogens (tertiary/aromatic N) is 3. The van der Waals surface area contributed by atoms with Crippen LogP contribution in [0.3, 0.4) is 0 Å². The number of hydrogen-bond donors (Lipinski definition) is 3. The molecule has 0 amide bonds. The van der Waals surface area contributed by atoms with Crippen LogP contribution in [0.2, 0.25) is 5.15 Å². The smallest absolute Gasteiger partial charge is 0.224 e. The Bertz CT molecular complexity index is 972. The van der Waals surface area contributed by atoms with E-state index >= 15 is 0 Å². The molecule has 0 unspecified atom stereocenters. The number of fused-ring (bicyclic) bond motifs is 1. The van der Waals surface area contributed by atoms with Gasteiger partial charge in [0.2, 0.25) is 5.95 Å². The zero-order chi connectivity index (χ0) is 19.6. The van der Waals surface area contributed by atoms with Crippen LogP contribution in [0, 0.1) is 0 Å². The molecule has 2 saturated carbocycles. The van der Waals surface area contributed by atoms with Crippen LogP contribution in [0.1, 0.15) is 51.4 Å². The molecule has 3 aromatic rings. The number of nitrogens with one attached hydrogen (secondary N) is 3. The second kappa shape index (κ2) is 8.28. The predicted molar refractivity (Wildman–Crippen MR) is 117 cm³/mol. The van der Waals surface area contributed by atoms with Crippen molar-refractivity contribution in [2.75, 3.05) is 5.32 Å². The van der Waals surface area contributed by atoms with E-state index in [4.69, 9.17) is 16.6 Å². The number of anilines is 1. The summed E-state index contributed by atoms with van der Waals surface area (Å²) in [5.74, 6) is 0.609. The quantitative estimate of drug-likeness (QED) is 0.520. The molecule has 0 aliphatic heterocycles. The number of aromatic nitrogens is 4. The van der Waals surface area contributed by atoms with Crippen LogP contribution in [0.4, 0.5) is 5.95 Å². The lowest BCUT2D eigenvalue weighted by Crippen LogP contribution is -2.41. The van der Waals surface area contributed by atoms with Crippen molar-refractivity contribution in [1.82, 2.24) is 25.3 Å². The van der Waals surface area contributed by atoms with Crippen molar-refractivity contribution >= 4 is 28.6 Å². The minimum absolute atomic E-state index is 0.396. The van der Waals surface area contributed by atoms with E-state index in [1.807, 2.05) is 24.4 Å². The minimum atomic E-state index is 0.396. The molecule has 0 atom stereocenters. The van der Waals surface area contributed by atoms with Crippen molar-refractivity contribution in [2.24, 2.45) is 0 Å². The maximum Gasteiger partial charge on any atom is 0.224 e. The van der Waals surface area contributed by atoms with E-state index in [-0.39, 0.29) is 0 Å². The summed E-state index contributed by atoms with van der Waals surface area (Å²) in [6, 6.07) is 7.58. The van der Waals surface area contributed by atoms with Gasteiger partial charge in [0.1, 0.15) is 10.8 Å². The molecule has 0 spiro atoms. The van der Waals surface area contributed by atoms with Crippen LogP contribution in [-0.4, -0.2) is 38.1 Å². The molecule has 2 aliphatic rings. The van der Waals surface area contributed by atoms with Crippen molar-refractivity contribution in [3.05, 3.63) is 35.7 Å². The Labute approximate surface area is 175 Å². The van der Waals surface area contributed by atoms with Gasteiger partial charge in [-0.2, -0.15) is 0 Å². The normalized spacial score (nSPS) is 22.9. The highest BCUT2D eigenvalue weighted by molar-refractivity contribution is 6.29. The lowest BCUT2D eigenvalue weighted by molar-refractivity contribution is 0.322. The molecule has 2 aliphatic carbocycles. The Balaban J connectivity index is 1.26. The summed E-state index contributed by atoms with van der Waals surface area (Å²) in [6.07, 6.45) is 13.8. The molecule has 152 valence electrons. The van der Waals surface area contributed by atoms with E-state index in [1.165, 1.54) is 38.5 Å². The van der Waals surface area contributed by atoms with E-state index < -0.39 is 0 Å². The number of hydrogen-bond acceptors (Lipinski definition) is 5. The molecule has 5 rings (SSSR count). The van der Waals surface area contributed by atoms with Gasteiger partial charge in [-0.05, 0) is 50.7 Å². The van der Waals surface area contributed by atoms with Crippen molar-refractivity contribution in [2.45, 2.75) is 69.5 Å². The Kier molecular flexibility index (Phi) is 5.38. The minimum Gasteiger partial charge on any atom is -0.351 e. The molecule has 3 N–H and O–H groups in total. The number of halogens is 1. The van der Waals surface area contributed by atoms with Crippen LogP contribution in [0.5, 0.6) is 0 Å². The van der Waals surface area contributed by atoms with Crippen molar-refractivity contribution in [1.29, 1.82) is 0 Å². The molecule has 3 aromatic heterocycles. The van der Waals surface area contributed by atoms with Gasteiger partial charge < -0.3 is 15.6 Å². The highest BCUT2D eigenvalue weighted by atomic mass is 35.5. The highest BCUT2D eigenvalue weighted by Crippen LogP contribution is 2.29. The fourth-order valence-electron chi connectivity index (χ4n) is 4.80. The first-order chi connectivity index (χ1) is 14.2. The van der Waals surface area contributed by atoms with Gasteiger partial charge in [-0.1, -0.05) is 24.4 Å². The molecule has 6 nitrogen and oxygen atoms in total. The Morgan fingerprint density at radius 1 is 0.966 bits per heavy atom. The summed E-state index contributed by atoms with van der Waals surface area (Å²) in [5, 5.41) is 8.88. The van der Waals surface area contributed by atoms with Gasteiger partial charge in [-0.15, -0.1) is 0 Å². The maximum atomic E-state index is 6.33. The van der Waals surface area contributed by atoms with Crippen LogP contribution < -0.4 is 10.6 Å². The number of rotatable bonds is 5. The van der Waals surface area contributed by atoms with Crippen LogP contribution in [0.25, 0.3) is 22.3 Å². The third kappa shape index (κ3) is 4.23. The molecular formula is C22H27ClN6. The highest BCUT2D eigenvalue weighted by Gasteiger charge is 2.25. The lowest BCUT2D eigenvalue weighted by Gasteiger charge is -2.31. The van der Waals surface area contributed by atoms with E-state index in [2.05, 4.69) is 25.6 Å². The van der Waals surface area contributed by atoms with E-state index in [9.17, 15) is 0 Å². The molecule has 3 heterocycles. The third-order valence-corrected chi connectivity index (χ3v) is 6.50. The average molecular weight is 411 g/mol. The first kappa shape index (κ1) is 18.8. The fourth-order valence-corrected chi connectivity index (χ4v) is 4.98. The Morgan fingerprint density at radius 2 is 1.72 bits per heavy atom. The number of pyridine rings is 1. The predicted octanol–water partition coefficient (Wildman–Crippen LogP) is 4.93. The van der Waals surface area contributed by atoms with Gasteiger partial charge in [-0.3, -0.25) is 0 Å². The largest absolute Gasteiger partial charge is 0.351 e. The summed E-state index contributed by atoms with van der Waals surface area (Å²) < 4.78 is 0. The second-order valence-electron chi connectivity index (χ2n) is 8.34. The molecule has 7 heteroatoms. The average Bonchev–Trinajstić information content (AvgIpc) is 3.39. The maximum absolute atomic E-state index is 6.33. The molecule has 29 heavy (non-hydrogen) atoms. The monoisotopic (exact) mass is 410 g/mol. The van der Waals surface area contributed by atoms with Gasteiger partial charge in [0.15, 0.2) is 0 Å². The van der Waals surface area contributed by atoms with Gasteiger partial charge in [0, 0.05) is 47.5 Å². The van der Waals surface area contributed by atoms with Gasteiger partial charge in [0.05, 0.1) is 5.69 Å². The van der Waals surface area contributed by atoms with Crippen molar-refractivity contribution in [3.63, 3.8) is 0 Å². The summed E-state index contributed by atoms with van der Waals surface area (Å²) in [6.45, 7) is 0. The zero-order valence-corrected chi connectivity index (χ0v) is 17.3. The summed E-state index contributed by atoms with van der Waals surface area (Å²) in [5.41, 5.74) is 2.65. The Morgan fingerprint density at radius 3 is 2.55 bits per heavy atom. The van der Waals surface area contributed by atoms with Crippen molar-refractivity contribution < 1.29 is 0 Å². The van der Waals surface area contributed by atoms with E-state index in [1.54, 1.807) is 6.20 Å². The molecule has 0 saturated heterocycles. The van der Waals surface area contributed by atoms with E-state index in [0.29, 0.717) is 23.2 Å². The standard InChI is InChI=1S/C22H27ClN6/c23-20-12-19(18-13-25-21-17(18)6-3-11-24-21)28-22(29-20)27-16-9-7-15(8-10-16)26-14-4-1-2-5-14/h3,6,11-16,26H,1-2,4-5,7-10H2,(H,24,25)(H,27,28,29). The first-order valence-electron chi connectivity index (χ1n) is 10.7. The fraction of sp³-hybridized carbons (Fsp3) is 0.500. The topological polar surface area (TPSA) is 78.5 Å². The van der Waals surface area contributed by atoms with Crippen LogP contribution in [0.15, 0.2) is 30.6 Å². The molecule has 0 bridgehead atoms. The molecule has 0 radical (unpaired) electrons. The van der Waals surface area contributed by atoms with Gasteiger partial charge >= 0.3 is 0 Å². The summed E-state index contributed by atoms with van der Waals surface area (Å²) in [4.78, 5) is 16.7. The van der Waals surface area contributed by atoms with Gasteiger partial charge in [0.25, 0.3) is 0 Å². The zero-order valence-electron chi connectivity index (χ0n) is 16.5. The van der Waals surface area contributed by atoms with Crippen molar-refractivity contribution in [3.8, 4) is 11.3 Å². The number of aromatic amines is 1. The number of H-pyrrole nitrogens is 1. The van der Waals surface area contributed by atoms with Gasteiger partial charge in [-0.25, -0.2) is 15.0 Å². The Hall–Kier alpha value is -2.18. The molecule has 0 aromatic carbocycles.